The Balaban J connectivity index is 2.79. The Labute approximate surface area is 43.0 Å². The standard InChI is InChI=1S/C6H8O/c1-5-3-2-4-6(5)7/h2,4,7H,3H2,1H3. The van der Waals surface area contributed by atoms with Gasteiger partial charge in [0.15, 0.2) is 0 Å². The minimum Gasteiger partial charge on any atom is -0.508 e. The second kappa shape index (κ2) is 1.41. The highest BCUT2D eigenvalue weighted by atomic mass is 16.3. The highest BCUT2D eigenvalue weighted by Crippen LogP contribution is 2.14. The first-order valence-corrected chi connectivity index (χ1v) is 2.36. The van der Waals surface area contributed by atoms with Crippen LogP contribution in [0, 0.1) is 0 Å². The summed E-state index contributed by atoms with van der Waals surface area (Å²) in [6.07, 6.45) is 4.60. The van der Waals surface area contributed by atoms with E-state index in [0.717, 1.165) is 12.0 Å². The largest absolute Gasteiger partial charge is 0.508 e. The smallest absolute Gasteiger partial charge is 0.114 e. The molecular formula is C6H8O. The minimum absolute atomic E-state index is 0.444. The molecule has 0 atom stereocenters. The van der Waals surface area contributed by atoms with Gasteiger partial charge in [-0.1, -0.05) is 6.08 Å². The predicted molar refractivity (Wildman–Crippen MR) is 29.1 cm³/mol. The summed E-state index contributed by atoms with van der Waals surface area (Å²) in [6.45, 7) is 1.93. The molecule has 0 spiro atoms. The number of rotatable bonds is 0. The monoisotopic (exact) mass is 96.1 g/mol. The van der Waals surface area contributed by atoms with Gasteiger partial charge in [-0.2, -0.15) is 0 Å². The third kappa shape index (κ3) is 0.660. The summed E-state index contributed by atoms with van der Waals surface area (Å²) in [5, 5.41) is 8.79. The highest BCUT2D eigenvalue weighted by Gasteiger charge is 1.98. The van der Waals surface area contributed by atoms with Crippen LogP contribution in [-0.2, 0) is 0 Å². The maximum atomic E-state index is 8.79. The summed E-state index contributed by atoms with van der Waals surface area (Å²) in [5.74, 6) is 0.444. The Hall–Kier alpha value is -0.720. The van der Waals surface area contributed by atoms with Gasteiger partial charge in [0.2, 0.25) is 0 Å². The maximum Gasteiger partial charge on any atom is 0.114 e. The zero-order valence-electron chi connectivity index (χ0n) is 4.31. The average molecular weight is 96.1 g/mol. The van der Waals surface area contributed by atoms with Crippen LogP contribution in [0.2, 0.25) is 0 Å². The van der Waals surface area contributed by atoms with Crippen LogP contribution in [0.15, 0.2) is 23.5 Å². The van der Waals surface area contributed by atoms with Crippen LogP contribution in [0.25, 0.3) is 0 Å². The van der Waals surface area contributed by atoms with Crippen molar-refractivity contribution in [2.75, 3.05) is 0 Å². The van der Waals surface area contributed by atoms with Crippen LogP contribution in [-0.4, -0.2) is 5.11 Å². The van der Waals surface area contributed by atoms with E-state index in [1.807, 2.05) is 13.0 Å². The SMILES string of the molecule is CC1=C(O)C=CC1. The normalized spacial score (nSPS) is 19.0. The molecule has 1 heteroatoms. The molecular weight excluding hydrogens is 88.1 g/mol. The molecule has 1 rings (SSSR count). The van der Waals surface area contributed by atoms with Gasteiger partial charge < -0.3 is 5.11 Å². The van der Waals surface area contributed by atoms with Crippen LogP contribution in [0.5, 0.6) is 0 Å². The molecule has 38 valence electrons. The molecule has 0 aromatic rings. The zero-order valence-corrected chi connectivity index (χ0v) is 4.31. The lowest BCUT2D eigenvalue weighted by molar-refractivity contribution is 0.428. The van der Waals surface area contributed by atoms with E-state index in [-0.39, 0.29) is 0 Å². The van der Waals surface area contributed by atoms with Gasteiger partial charge in [0.05, 0.1) is 0 Å². The van der Waals surface area contributed by atoms with Crippen LogP contribution in [0.1, 0.15) is 13.3 Å². The third-order valence-corrected chi connectivity index (χ3v) is 1.14. The molecule has 7 heavy (non-hydrogen) atoms. The van der Waals surface area contributed by atoms with Crippen molar-refractivity contribution in [1.82, 2.24) is 0 Å². The van der Waals surface area contributed by atoms with E-state index in [1.165, 1.54) is 0 Å². The van der Waals surface area contributed by atoms with Crippen LogP contribution in [0.3, 0.4) is 0 Å². The number of hydrogen-bond acceptors (Lipinski definition) is 1. The van der Waals surface area contributed by atoms with Crippen molar-refractivity contribution in [3.8, 4) is 0 Å². The van der Waals surface area contributed by atoms with Gasteiger partial charge in [-0.25, -0.2) is 0 Å². The lowest BCUT2D eigenvalue weighted by Crippen LogP contribution is -1.72. The first-order chi connectivity index (χ1) is 3.30. The molecule has 1 N–H and O–H groups in total. The first-order valence-electron chi connectivity index (χ1n) is 2.36. The Kier molecular flexibility index (Phi) is 0.895. The van der Waals surface area contributed by atoms with Gasteiger partial charge >= 0.3 is 0 Å². The van der Waals surface area contributed by atoms with E-state index in [9.17, 15) is 0 Å². The Morgan fingerprint density at radius 1 is 1.71 bits per heavy atom. The maximum absolute atomic E-state index is 8.79. The van der Waals surface area contributed by atoms with Crippen molar-refractivity contribution in [3.05, 3.63) is 23.5 Å². The fourth-order valence-electron chi connectivity index (χ4n) is 0.594. The fraction of sp³-hybridized carbons (Fsp3) is 0.333. The number of aliphatic hydroxyl groups excluding tert-OH is 1. The Bertz CT molecular complexity index is 131. The van der Waals surface area contributed by atoms with E-state index in [0.29, 0.717) is 5.76 Å². The van der Waals surface area contributed by atoms with Gasteiger partial charge in [0.1, 0.15) is 5.76 Å². The summed E-state index contributed by atoms with van der Waals surface area (Å²) in [4.78, 5) is 0. The molecule has 0 saturated heterocycles. The summed E-state index contributed by atoms with van der Waals surface area (Å²) >= 11 is 0. The van der Waals surface area contributed by atoms with Gasteiger partial charge in [0, 0.05) is 0 Å². The van der Waals surface area contributed by atoms with Gasteiger partial charge in [-0.05, 0) is 25.0 Å². The molecule has 0 amide bonds. The van der Waals surface area contributed by atoms with E-state index < -0.39 is 0 Å². The van der Waals surface area contributed by atoms with Crippen molar-refractivity contribution >= 4 is 0 Å². The molecule has 0 unspecified atom stereocenters. The van der Waals surface area contributed by atoms with E-state index in [4.69, 9.17) is 5.11 Å². The zero-order chi connectivity index (χ0) is 5.28. The molecule has 0 aromatic carbocycles. The Morgan fingerprint density at radius 3 is 2.57 bits per heavy atom. The van der Waals surface area contributed by atoms with E-state index in [2.05, 4.69) is 0 Å². The number of allylic oxidation sites excluding steroid dienone is 3. The molecule has 0 heterocycles. The summed E-state index contributed by atoms with van der Waals surface area (Å²) < 4.78 is 0. The second-order valence-corrected chi connectivity index (χ2v) is 1.77. The number of hydrogen-bond donors (Lipinski definition) is 1. The van der Waals surface area contributed by atoms with Crippen LogP contribution in [0.4, 0.5) is 0 Å². The van der Waals surface area contributed by atoms with Gasteiger partial charge in [0.25, 0.3) is 0 Å². The highest BCUT2D eigenvalue weighted by molar-refractivity contribution is 5.26. The quantitative estimate of drug-likeness (QED) is 0.487. The summed E-state index contributed by atoms with van der Waals surface area (Å²) in [5.41, 5.74) is 1.07. The summed E-state index contributed by atoms with van der Waals surface area (Å²) in [7, 11) is 0. The predicted octanol–water partition coefficient (Wildman–Crippen LogP) is 1.78. The van der Waals surface area contributed by atoms with Crippen molar-refractivity contribution in [2.45, 2.75) is 13.3 Å². The summed E-state index contributed by atoms with van der Waals surface area (Å²) in [6, 6.07) is 0. The molecule has 0 aromatic heterocycles. The number of aliphatic hydroxyl groups is 1. The van der Waals surface area contributed by atoms with Gasteiger partial charge in [-0.3, -0.25) is 0 Å². The van der Waals surface area contributed by atoms with Crippen molar-refractivity contribution in [1.29, 1.82) is 0 Å². The van der Waals surface area contributed by atoms with Crippen molar-refractivity contribution in [2.24, 2.45) is 0 Å². The van der Waals surface area contributed by atoms with E-state index >= 15 is 0 Å². The topological polar surface area (TPSA) is 20.2 Å². The van der Waals surface area contributed by atoms with Gasteiger partial charge in [-0.15, -0.1) is 0 Å². The van der Waals surface area contributed by atoms with Crippen LogP contribution >= 0.6 is 0 Å². The molecule has 1 aliphatic rings. The molecule has 0 fully saturated rings. The molecule has 0 saturated carbocycles. The Morgan fingerprint density at radius 2 is 2.43 bits per heavy atom. The molecule has 0 radical (unpaired) electrons. The van der Waals surface area contributed by atoms with Crippen LogP contribution < -0.4 is 0 Å². The van der Waals surface area contributed by atoms with Crippen molar-refractivity contribution in [3.63, 3.8) is 0 Å². The minimum atomic E-state index is 0.444. The lowest BCUT2D eigenvalue weighted by atomic mass is 10.3. The fourth-order valence-corrected chi connectivity index (χ4v) is 0.594. The second-order valence-electron chi connectivity index (χ2n) is 1.77. The molecule has 1 nitrogen and oxygen atoms in total. The average Bonchev–Trinajstić information content (AvgIpc) is 1.91. The third-order valence-electron chi connectivity index (χ3n) is 1.14. The van der Waals surface area contributed by atoms with Crippen molar-refractivity contribution < 1.29 is 5.11 Å². The van der Waals surface area contributed by atoms with E-state index in [1.54, 1.807) is 6.08 Å². The molecule has 1 aliphatic carbocycles. The lowest BCUT2D eigenvalue weighted by Gasteiger charge is -1.86. The molecule has 0 aliphatic heterocycles. The molecule has 0 bridgehead atoms. The first kappa shape index (κ1) is 4.44.